The summed E-state index contributed by atoms with van der Waals surface area (Å²) < 4.78 is 51.3. The Morgan fingerprint density at radius 3 is 2.56 bits per heavy atom. The molecule has 1 heterocycles. The van der Waals surface area contributed by atoms with Crippen LogP contribution in [0.3, 0.4) is 0 Å². The van der Waals surface area contributed by atoms with Gasteiger partial charge in [0, 0.05) is 17.1 Å². The fraction of sp³-hybridized carbons (Fsp3) is 0.182. The first kappa shape index (κ1) is 12.4. The first-order valence-corrected chi connectivity index (χ1v) is 4.87. The number of aromatic nitrogens is 1. The van der Waals surface area contributed by atoms with Gasteiger partial charge < -0.3 is 10.1 Å². The van der Waals surface area contributed by atoms with Crippen molar-refractivity contribution in [2.24, 2.45) is 0 Å². The van der Waals surface area contributed by atoms with Crippen LogP contribution in [0.4, 0.5) is 17.6 Å². The summed E-state index contributed by atoms with van der Waals surface area (Å²) in [5.41, 5.74) is -0.632. The van der Waals surface area contributed by atoms with Gasteiger partial charge in [0.25, 0.3) is 0 Å². The average Bonchev–Trinajstić information content (AvgIpc) is 2.61. The van der Waals surface area contributed by atoms with E-state index in [4.69, 9.17) is 5.11 Å². The van der Waals surface area contributed by atoms with Gasteiger partial charge in [0.05, 0.1) is 5.52 Å². The molecular weight excluding hydrogens is 254 g/mol. The summed E-state index contributed by atoms with van der Waals surface area (Å²) in [4.78, 5) is 13.1. The van der Waals surface area contributed by atoms with Crippen LogP contribution in [0.25, 0.3) is 10.9 Å². The van der Waals surface area contributed by atoms with Crippen molar-refractivity contribution in [2.45, 2.75) is 12.1 Å². The standard InChI is InChI=1S/C11H7F4NO2/c12-7-3-1-2-5-6(4-16-9(5)7)8(10(17)18)11(13,14)15/h1-4,8,16H,(H,17,18)/t8-/m0/s1. The zero-order valence-electron chi connectivity index (χ0n) is 8.75. The number of aliphatic carboxylic acids is 1. The summed E-state index contributed by atoms with van der Waals surface area (Å²) in [6.45, 7) is 0. The van der Waals surface area contributed by atoms with Gasteiger partial charge in [-0.25, -0.2) is 4.39 Å². The number of nitrogens with one attached hydrogen (secondary N) is 1. The minimum Gasteiger partial charge on any atom is -0.481 e. The minimum atomic E-state index is -4.94. The maximum atomic E-state index is 13.3. The molecule has 2 rings (SSSR count). The van der Waals surface area contributed by atoms with E-state index in [1.807, 2.05) is 0 Å². The van der Waals surface area contributed by atoms with Crippen LogP contribution in [0.1, 0.15) is 11.5 Å². The number of aromatic amines is 1. The highest BCUT2D eigenvalue weighted by atomic mass is 19.4. The lowest BCUT2D eigenvalue weighted by molar-refractivity contribution is -0.176. The number of para-hydroxylation sites is 1. The van der Waals surface area contributed by atoms with Crippen LogP contribution >= 0.6 is 0 Å². The quantitative estimate of drug-likeness (QED) is 0.816. The Hall–Kier alpha value is -2.05. The molecule has 0 aliphatic rings. The number of carboxylic acids is 1. The van der Waals surface area contributed by atoms with Crippen LogP contribution in [-0.2, 0) is 4.79 Å². The molecule has 0 radical (unpaired) electrons. The maximum Gasteiger partial charge on any atom is 0.406 e. The highest BCUT2D eigenvalue weighted by molar-refractivity contribution is 5.90. The summed E-state index contributed by atoms with van der Waals surface area (Å²) in [5, 5.41) is 8.60. The second-order valence-electron chi connectivity index (χ2n) is 3.72. The number of rotatable bonds is 2. The van der Waals surface area contributed by atoms with E-state index in [9.17, 15) is 22.4 Å². The van der Waals surface area contributed by atoms with E-state index in [1.54, 1.807) is 0 Å². The molecule has 0 fully saturated rings. The van der Waals surface area contributed by atoms with Gasteiger partial charge in [0.15, 0.2) is 5.92 Å². The number of carboxylic acid groups (broad SMARTS) is 1. The van der Waals surface area contributed by atoms with E-state index in [2.05, 4.69) is 4.98 Å². The number of benzene rings is 1. The van der Waals surface area contributed by atoms with E-state index in [0.717, 1.165) is 12.3 Å². The van der Waals surface area contributed by atoms with Crippen molar-refractivity contribution in [3.8, 4) is 0 Å². The number of alkyl halides is 3. The summed E-state index contributed by atoms with van der Waals surface area (Å²) in [6.07, 6.45) is -4.06. The Labute approximate surface area is 98.0 Å². The lowest BCUT2D eigenvalue weighted by Gasteiger charge is -2.15. The highest BCUT2D eigenvalue weighted by Crippen LogP contribution is 2.38. The van der Waals surface area contributed by atoms with Crippen molar-refractivity contribution in [3.05, 3.63) is 35.8 Å². The van der Waals surface area contributed by atoms with E-state index in [1.165, 1.54) is 12.1 Å². The lowest BCUT2D eigenvalue weighted by Crippen LogP contribution is -2.28. The Bertz CT molecular complexity index is 603. The predicted octanol–water partition coefficient (Wildman–Crippen LogP) is 3.04. The average molecular weight is 261 g/mol. The molecule has 2 N–H and O–H groups in total. The van der Waals surface area contributed by atoms with Crippen molar-refractivity contribution < 1.29 is 27.5 Å². The lowest BCUT2D eigenvalue weighted by atomic mass is 9.98. The van der Waals surface area contributed by atoms with Crippen LogP contribution in [0, 0.1) is 5.82 Å². The fourth-order valence-corrected chi connectivity index (χ4v) is 1.83. The zero-order chi connectivity index (χ0) is 13.5. The van der Waals surface area contributed by atoms with E-state index in [-0.39, 0.29) is 10.9 Å². The van der Waals surface area contributed by atoms with Gasteiger partial charge in [0.2, 0.25) is 0 Å². The van der Waals surface area contributed by atoms with E-state index in [0.29, 0.717) is 0 Å². The predicted molar refractivity (Wildman–Crippen MR) is 54.7 cm³/mol. The summed E-state index contributed by atoms with van der Waals surface area (Å²) in [6, 6.07) is 3.54. The largest absolute Gasteiger partial charge is 0.481 e. The van der Waals surface area contributed by atoms with E-state index < -0.39 is 29.4 Å². The summed E-state index contributed by atoms with van der Waals surface area (Å²) in [7, 11) is 0. The summed E-state index contributed by atoms with van der Waals surface area (Å²) in [5.74, 6) is -5.43. The number of hydrogen-bond acceptors (Lipinski definition) is 1. The van der Waals surface area contributed by atoms with E-state index >= 15 is 0 Å². The van der Waals surface area contributed by atoms with Crippen molar-refractivity contribution in [3.63, 3.8) is 0 Å². The van der Waals surface area contributed by atoms with Gasteiger partial charge in [-0.2, -0.15) is 13.2 Å². The Balaban J connectivity index is 2.66. The number of halogens is 4. The first-order valence-electron chi connectivity index (χ1n) is 4.87. The third kappa shape index (κ3) is 1.92. The minimum absolute atomic E-state index is 0.0836. The molecule has 7 heteroatoms. The monoisotopic (exact) mass is 261 g/mol. The molecule has 18 heavy (non-hydrogen) atoms. The molecule has 0 saturated heterocycles. The van der Waals surface area contributed by atoms with Crippen molar-refractivity contribution in [1.82, 2.24) is 4.98 Å². The third-order valence-electron chi connectivity index (χ3n) is 2.58. The normalized spacial score (nSPS) is 13.8. The van der Waals surface area contributed by atoms with Crippen LogP contribution < -0.4 is 0 Å². The molecule has 0 spiro atoms. The highest BCUT2D eigenvalue weighted by Gasteiger charge is 2.47. The maximum absolute atomic E-state index is 13.3. The second-order valence-corrected chi connectivity index (χ2v) is 3.72. The molecule has 1 aromatic carbocycles. The van der Waals surface area contributed by atoms with Crippen molar-refractivity contribution in [1.29, 1.82) is 0 Å². The molecule has 0 aliphatic carbocycles. The molecule has 0 saturated carbocycles. The first-order chi connectivity index (χ1) is 8.32. The fourth-order valence-electron chi connectivity index (χ4n) is 1.83. The molecule has 96 valence electrons. The number of H-pyrrole nitrogens is 1. The zero-order valence-corrected chi connectivity index (χ0v) is 8.75. The molecule has 0 unspecified atom stereocenters. The molecular formula is C11H7F4NO2. The smallest absolute Gasteiger partial charge is 0.406 e. The number of fused-ring (bicyclic) bond motifs is 1. The van der Waals surface area contributed by atoms with Gasteiger partial charge in [0.1, 0.15) is 5.82 Å². The molecule has 0 aliphatic heterocycles. The van der Waals surface area contributed by atoms with Gasteiger partial charge in [-0.05, 0) is 6.07 Å². The third-order valence-corrected chi connectivity index (χ3v) is 2.58. The van der Waals surface area contributed by atoms with Gasteiger partial charge in [-0.15, -0.1) is 0 Å². The Morgan fingerprint density at radius 2 is 2.00 bits per heavy atom. The Kier molecular flexibility index (Phi) is 2.76. The summed E-state index contributed by atoms with van der Waals surface area (Å²) >= 11 is 0. The molecule has 0 amide bonds. The molecule has 0 bridgehead atoms. The van der Waals surface area contributed by atoms with Crippen LogP contribution in [0.2, 0.25) is 0 Å². The van der Waals surface area contributed by atoms with Crippen molar-refractivity contribution >= 4 is 16.9 Å². The van der Waals surface area contributed by atoms with Gasteiger partial charge >= 0.3 is 12.1 Å². The van der Waals surface area contributed by atoms with Crippen LogP contribution in [0.15, 0.2) is 24.4 Å². The SMILES string of the molecule is O=C(O)[C@H](c1c[nH]c2c(F)cccc12)C(F)(F)F. The molecule has 3 nitrogen and oxygen atoms in total. The molecule has 1 aromatic heterocycles. The number of hydrogen-bond donors (Lipinski definition) is 2. The van der Waals surface area contributed by atoms with Crippen molar-refractivity contribution in [2.75, 3.05) is 0 Å². The van der Waals surface area contributed by atoms with Crippen LogP contribution in [-0.4, -0.2) is 22.2 Å². The molecule has 2 aromatic rings. The molecule has 1 atom stereocenters. The Morgan fingerprint density at radius 1 is 1.33 bits per heavy atom. The topological polar surface area (TPSA) is 53.1 Å². The van der Waals surface area contributed by atoms with Crippen LogP contribution in [0.5, 0.6) is 0 Å². The number of carbonyl (C=O) groups is 1. The van der Waals surface area contributed by atoms with Gasteiger partial charge in [-0.1, -0.05) is 12.1 Å². The second kappa shape index (κ2) is 4.01. The van der Waals surface area contributed by atoms with Gasteiger partial charge in [-0.3, -0.25) is 4.79 Å².